The maximum atomic E-state index is 13.6. The number of aromatic nitrogens is 3. The number of nitrogens with one attached hydrogen (secondary N) is 2. The maximum absolute atomic E-state index is 13.6. The van der Waals surface area contributed by atoms with Crippen molar-refractivity contribution in [2.75, 3.05) is 13.1 Å². The highest BCUT2D eigenvalue weighted by molar-refractivity contribution is 6.01. The van der Waals surface area contributed by atoms with Crippen LogP contribution in [0.4, 0.5) is 0 Å². The third-order valence-electron chi connectivity index (χ3n) is 7.24. The SMILES string of the molecule is O=C(N[C@@H]1CN(C(=O)c2cccn3cncc23)CC[C@H]1c1ccccc1)c1cc2ccc(CO)cc2[nH]1. The van der Waals surface area contributed by atoms with Crippen LogP contribution in [-0.2, 0) is 6.61 Å². The highest BCUT2D eigenvalue weighted by Crippen LogP contribution is 2.30. The molecule has 8 nitrogen and oxygen atoms in total. The molecule has 0 bridgehead atoms. The van der Waals surface area contributed by atoms with Crippen LogP contribution in [0.1, 0.15) is 44.3 Å². The Kier molecular flexibility index (Phi) is 5.94. The fourth-order valence-corrected chi connectivity index (χ4v) is 5.32. The monoisotopic (exact) mass is 493 g/mol. The van der Waals surface area contributed by atoms with Gasteiger partial charge >= 0.3 is 0 Å². The number of aliphatic hydroxyl groups is 1. The van der Waals surface area contributed by atoms with Gasteiger partial charge in [0.25, 0.3) is 11.8 Å². The molecule has 0 spiro atoms. The minimum absolute atomic E-state index is 0.0613. The van der Waals surface area contributed by atoms with Crippen molar-refractivity contribution >= 4 is 28.2 Å². The van der Waals surface area contributed by atoms with Gasteiger partial charge < -0.3 is 24.7 Å². The average Bonchev–Trinajstić information content (AvgIpc) is 3.60. The van der Waals surface area contributed by atoms with E-state index in [2.05, 4.69) is 27.4 Å². The molecule has 2 atom stereocenters. The quantitative estimate of drug-likeness (QED) is 0.347. The second-order valence-electron chi connectivity index (χ2n) is 9.51. The van der Waals surface area contributed by atoms with Gasteiger partial charge in [-0.1, -0.05) is 42.5 Å². The van der Waals surface area contributed by atoms with Gasteiger partial charge in [-0.05, 0) is 41.8 Å². The number of pyridine rings is 1. The van der Waals surface area contributed by atoms with Crippen LogP contribution < -0.4 is 5.32 Å². The zero-order chi connectivity index (χ0) is 25.4. The molecule has 3 N–H and O–H groups in total. The minimum Gasteiger partial charge on any atom is -0.392 e. The van der Waals surface area contributed by atoms with Crippen molar-refractivity contribution in [3.8, 4) is 0 Å². The molecule has 1 aliphatic rings. The van der Waals surface area contributed by atoms with Gasteiger partial charge in [-0.25, -0.2) is 4.98 Å². The van der Waals surface area contributed by atoms with E-state index in [-0.39, 0.29) is 30.4 Å². The molecule has 1 fully saturated rings. The fourth-order valence-electron chi connectivity index (χ4n) is 5.32. The first kappa shape index (κ1) is 23.0. The number of nitrogens with zero attached hydrogens (tertiary/aromatic N) is 3. The van der Waals surface area contributed by atoms with Gasteiger partial charge in [0.15, 0.2) is 0 Å². The Balaban J connectivity index is 1.28. The Morgan fingerprint density at radius 2 is 1.95 bits per heavy atom. The van der Waals surface area contributed by atoms with Crippen molar-refractivity contribution in [2.45, 2.75) is 25.0 Å². The molecule has 1 aliphatic heterocycles. The molecule has 5 aromatic rings. The van der Waals surface area contributed by atoms with Crippen molar-refractivity contribution in [3.63, 3.8) is 0 Å². The van der Waals surface area contributed by atoms with Crippen molar-refractivity contribution in [1.29, 1.82) is 0 Å². The van der Waals surface area contributed by atoms with Crippen LogP contribution in [0.15, 0.2) is 85.5 Å². The minimum atomic E-state index is -0.267. The van der Waals surface area contributed by atoms with E-state index in [4.69, 9.17) is 0 Å². The van der Waals surface area contributed by atoms with Crippen LogP contribution in [0.3, 0.4) is 0 Å². The van der Waals surface area contributed by atoms with Crippen LogP contribution in [0.2, 0.25) is 0 Å². The van der Waals surface area contributed by atoms with Crippen molar-refractivity contribution in [3.05, 3.63) is 108 Å². The second-order valence-corrected chi connectivity index (χ2v) is 9.51. The summed E-state index contributed by atoms with van der Waals surface area (Å²) in [5, 5.41) is 13.5. The van der Waals surface area contributed by atoms with Crippen molar-refractivity contribution < 1.29 is 14.7 Å². The van der Waals surface area contributed by atoms with E-state index in [1.54, 1.807) is 12.5 Å². The highest BCUT2D eigenvalue weighted by Gasteiger charge is 2.34. The Morgan fingerprint density at radius 3 is 2.78 bits per heavy atom. The normalized spacial score (nSPS) is 17.8. The van der Waals surface area contributed by atoms with Crippen LogP contribution in [0, 0.1) is 0 Å². The number of H-pyrrole nitrogens is 1. The largest absolute Gasteiger partial charge is 0.392 e. The number of imidazole rings is 1. The van der Waals surface area contributed by atoms with Gasteiger partial charge in [0.05, 0.1) is 36.3 Å². The first-order valence-electron chi connectivity index (χ1n) is 12.4. The lowest BCUT2D eigenvalue weighted by Crippen LogP contribution is -2.53. The lowest BCUT2D eigenvalue weighted by molar-refractivity contribution is 0.0656. The molecular weight excluding hydrogens is 466 g/mol. The summed E-state index contributed by atoms with van der Waals surface area (Å²) >= 11 is 0. The van der Waals surface area contributed by atoms with Gasteiger partial charge in [0.2, 0.25) is 0 Å². The molecule has 2 amide bonds. The molecule has 4 heterocycles. The Labute approximate surface area is 213 Å². The number of rotatable bonds is 5. The lowest BCUT2D eigenvalue weighted by atomic mass is 9.85. The molecule has 2 aromatic carbocycles. The molecule has 3 aromatic heterocycles. The number of hydrogen-bond acceptors (Lipinski definition) is 4. The Bertz CT molecular complexity index is 1590. The first-order chi connectivity index (χ1) is 18.1. The number of likely N-dealkylation sites (tertiary alicyclic amines) is 1. The van der Waals surface area contributed by atoms with Crippen LogP contribution in [0.5, 0.6) is 0 Å². The number of carbonyl (C=O) groups excluding carboxylic acids is 2. The summed E-state index contributed by atoms with van der Waals surface area (Å²) in [4.78, 5) is 36.2. The van der Waals surface area contributed by atoms with Crippen LogP contribution in [0.25, 0.3) is 16.4 Å². The van der Waals surface area contributed by atoms with E-state index in [1.165, 1.54) is 0 Å². The van der Waals surface area contributed by atoms with Gasteiger partial charge in [-0.15, -0.1) is 0 Å². The summed E-state index contributed by atoms with van der Waals surface area (Å²) in [7, 11) is 0. The molecule has 186 valence electrons. The predicted molar refractivity (Wildman–Crippen MR) is 140 cm³/mol. The molecule has 8 heteroatoms. The molecule has 1 saturated heterocycles. The van der Waals surface area contributed by atoms with Gasteiger partial charge in [0, 0.05) is 36.1 Å². The number of hydrogen-bond donors (Lipinski definition) is 3. The van der Waals surface area contributed by atoms with Crippen molar-refractivity contribution in [1.82, 2.24) is 24.6 Å². The number of aromatic amines is 1. The van der Waals surface area contributed by atoms with Crippen LogP contribution in [-0.4, -0.2) is 55.3 Å². The number of benzene rings is 2. The Hall–Kier alpha value is -4.43. The van der Waals surface area contributed by atoms with E-state index >= 15 is 0 Å². The van der Waals surface area contributed by atoms with E-state index < -0.39 is 0 Å². The van der Waals surface area contributed by atoms with E-state index in [0.717, 1.165) is 34.0 Å². The number of aliphatic hydroxyl groups excluding tert-OH is 1. The molecule has 0 aliphatic carbocycles. The van der Waals surface area contributed by atoms with Gasteiger partial charge in [-0.3, -0.25) is 9.59 Å². The number of fused-ring (bicyclic) bond motifs is 2. The topological polar surface area (TPSA) is 103 Å². The zero-order valence-electron chi connectivity index (χ0n) is 20.2. The van der Waals surface area contributed by atoms with E-state index in [0.29, 0.717) is 24.3 Å². The van der Waals surface area contributed by atoms with Crippen LogP contribution >= 0.6 is 0 Å². The molecule has 6 rings (SSSR count). The summed E-state index contributed by atoms with van der Waals surface area (Å²) in [5.41, 5.74) is 4.52. The maximum Gasteiger partial charge on any atom is 0.268 e. The van der Waals surface area contributed by atoms with Crippen molar-refractivity contribution in [2.24, 2.45) is 0 Å². The number of amides is 2. The Morgan fingerprint density at radius 1 is 1.08 bits per heavy atom. The zero-order valence-corrected chi connectivity index (χ0v) is 20.2. The van der Waals surface area contributed by atoms with E-state index in [1.807, 2.05) is 70.1 Å². The molecular formula is C29H27N5O3. The fraction of sp³-hybridized carbons (Fsp3) is 0.207. The number of carbonyl (C=O) groups is 2. The number of piperidine rings is 1. The summed E-state index contributed by atoms with van der Waals surface area (Å²) in [6.45, 7) is 0.929. The summed E-state index contributed by atoms with van der Waals surface area (Å²) in [6, 6.07) is 20.9. The third-order valence-corrected chi connectivity index (χ3v) is 7.24. The lowest BCUT2D eigenvalue weighted by Gasteiger charge is -2.39. The molecule has 0 saturated carbocycles. The smallest absolute Gasteiger partial charge is 0.268 e. The highest BCUT2D eigenvalue weighted by atomic mass is 16.3. The molecule has 37 heavy (non-hydrogen) atoms. The summed E-state index contributed by atoms with van der Waals surface area (Å²) in [5.74, 6) is -0.218. The summed E-state index contributed by atoms with van der Waals surface area (Å²) < 4.78 is 1.83. The summed E-state index contributed by atoms with van der Waals surface area (Å²) in [6.07, 6.45) is 5.98. The molecule has 0 radical (unpaired) electrons. The standard InChI is InChI=1S/C29H27N5O3/c35-17-19-8-9-21-14-25(31-24(21)13-19)28(36)32-26-16-33(12-10-22(26)20-5-2-1-3-6-20)29(37)23-7-4-11-34-18-30-15-27(23)34/h1-9,11,13-15,18,22,26,31,35H,10,12,16-17H2,(H,32,36)/t22-,26+/m0/s1. The predicted octanol–water partition coefficient (Wildman–Crippen LogP) is 3.74. The molecule has 0 unspecified atom stereocenters. The second kappa shape index (κ2) is 9.55. The first-order valence-corrected chi connectivity index (χ1v) is 12.4. The van der Waals surface area contributed by atoms with E-state index in [9.17, 15) is 14.7 Å². The van der Waals surface area contributed by atoms with Gasteiger partial charge in [-0.2, -0.15) is 0 Å². The average molecular weight is 494 g/mol. The van der Waals surface area contributed by atoms with Gasteiger partial charge in [0.1, 0.15) is 5.69 Å². The third kappa shape index (κ3) is 4.36.